The number of ether oxygens (including phenoxy) is 3. The minimum absolute atomic E-state index is 0.369. The maximum absolute atomic E-state index is 6.08. The molecule has 23 heavy (non-hydrogen) atoms. The zero-order chi connectivity index (χ0) is 16.1. The summed E-state index contributed by atoms with van der Waals surface area (Å²) in [6, 6.07) is 2.05. The Hall–Kier alpha value is -1.24. The zero-order valence-electron chi connectivity index (χ0n) is 14.2. The maximum atomic E-state index is 6.08. The molecule has 6 nitrogen and oxygen atoms in total. The molecule has 3 rings (SSSR count). The highest BCUT2D eigenvalue weighted by Gasteiger charge is 2.23. The van der Waals surface area contributed by atoms with Gasteiger partial charge in [-0.25, -0.2) is 9.97 Å². The van der Waals surface area contributed by atoms with Gasteiger partial charge in [-0.3, -0.25) is 0 Å². The van der Waals surface area contributed by atoms with Crippen molar-refractivity contribution in [2.24, 2.45) is 5.92 Å². The van der Waals surface area contributed by atoms with Crippen molar-refractivity contribution >= 4 is 5.82 Å². The first-order chi connectivity index (χ1) is 11.2. The van der Waals surface area contributed by atoms with Crippen molar-refractivity contribution in [1.29, 1.82) is 0 Å². The van der Waals surface area contributed by atoms with Gasteiger partial charge in [-0.2, -0.15) is 0 Å². The predicted octanol–water partition coefficient (Wildman–Crippen LogP) is 1.95. The second-order valence-corrected chi connectivity index (χ2v) is 6.47. The molecule has 1 aromatic rings. The van der Waals surface area contributed by atoms with Crippen molar-refractivity contribution in [1.82, 2.24) is 9.97 Å². The summed E-state index contributed by atoms with van der Waals surface area (Å²) in [6.07, 6.45) is 3.61. The number of aromatic nitrogens is 2. The quantitative estimate of drug-likeness (QED) is 0.798. The van der Waals surface area contributed by atoms with E-state index in [-0.39, 0.29) is 0 Å². The summed E-state index contributed by atoms with van der Waals surface area (Å²) in [7, 11) is 1.67. The van der Waals surface area contributed by atoms with Crippen molar-refractivity contribution in [2.75, 3.05) is 44.9 Å². The topological polar surface area (TPSA) is 56.7 Å². The molecule has 0 aromatic carbocycles. The van der Waals surface area contributed by atoms with E-state index in [0.717, 1.165) is 69.5 Å². The lowest BCUT2D eigenvalue weighted by atomic mass is 10.1. The van der Waals surface area contributed by atoms with Crippen molar-refractivity contribution in [3.63, 3.8) is 0 Å². The van der Waals surface area contributed by atoms with Gasteiger partial charge in [0.05, 0.1) is 19.3 Å². The average molecular weight is 321 g/mol. The molecular weight excluding hydrogens is 294 g/mol. The van der Waals surface area contributed by atoms with Gasteiger partial charge in [-0.05, 0) is 26.2 Å². The highest BCUT2D eigenvalue weighted by atomic mass is 16.5. The molecule has 1 aromatic heterocycles. The third kappa shape index (κ3) is 4.62. The Balaban J connectivity index is 1.50. The van der Waals surface area contributed by atoms with Gasteiger partial charge in [0.2, 0.25) is 0 Å². The van der Waals surface area contributed by atoms with Crippen LogP contribution in [0.1, 0.15) is 30.8 Å². The largest absolute Gasteiger partial charge is 0.381 e. The van der Waals surface area contributed by atoms with Crippen LogP contribution >= 0.6 is 0 Å². The van der Waals surface area contributed by atoms with Crippen molar-refractivity contribution in [3.05, 3.63) is 17.6 Å². The Morgan fingerprint density at radius 2 is 2.09 bits per heavy atom. The van der Waals surface area contributed by atoms with Gasteiger partial charge in [-0.15, -0.1) is 0 Å². The normalized spacial score (nSPS) is 22.7. The molecule has 2 aliphatic heterocycles. The van der Waals surface area contributed by atoms with Crippen LogP contribution in [0.2, 0.25) is 0 Å². The molecule has 2 aliphatic rings. The van der Waals surface area contributed by atoms with E-state index in [2.05, 4.69) is 20.9 Å². The lowest BCUT2D eigenvalue weighted by Crippen LogP contribution is -2.38. The van der Waals surface area contributed by atoms with Crippen molar-refractivity contribution in [3.8, 4) is 0 Å². The van der Waals surface area contributed by atoms with Crippen molar-refractivity contribution in [2.45, 2.75) is 38.9 Å². The van der Waals surface area contributed by atoms with Gasteiger partial charge in [-0.1, -0.05) is 0 Å². The summed E-state index contributed by atoms with van der Waals surface area (Å²) < 4.78 is 16.6. The molecule has 0 aliphatic carbocycles. The number of hydrogen-bond acceptors (Lipinski definition) is 6. The SMILES string of the molecule is COCc1nc(C)cc(N2CCC(OCC3CCOC3)CC2)n1. The van der Waals surface area contributed by atoms with Crippen LogP contribution in [0.3, 0.4) is 0 Å². The Morgan fingerprint density at radius 1 is 1.26 bits per heavy atom. The Labute approximate surface area is 138 Å². The molecule has 128 valence electrons. The van der Waals surface area contributed by atoms with E-state index in [4.69, 9.17) is 14.2 Å². The van der Waals surface area contributed by atoms with Crippen LogP contribution in [0, 0.1) is 12.8 Å². The monoisotopic (exact) mass is 321 g/mol. The molecule has 0 N–H and O–H groups in total. The van der Waals surface area contributed by atoms with Crippen LogP contribution in [-0.2, 0) is 20.8 Å². The van der Waals surface area contributed by atoms with Gasteiger partial charge in [0.25, 0.3) is 0 Å². The van der Waals surface area contributed by atoms with E-state index >= 15 is 0 Å². The molecule has 0 radical (unpaired) electrons. The second kappa shape index (κ2) is 8.04. The Bertz CT molecular complexity index is 498. The van der Waals surface area contributed by atoms with Crippen LogP contribution < -0.4 is 4.90 Å². The number of anilines is 1. The van der Waals surface area contributed by atoms with Crippen LogP contribution in [0.25, 0.3) is 0 Å². The molecule has 1 unspecified atom stereocenters. The fourth-order valence-electron chi connectivity index (χ4n) is 3.21. The number of rotatable bonds is 6. The molecule has 3 heterocycles. The van der Waals surface area contributed by atoms with E-state index in [9.17, 15) is 0 Å². The summed E-state index contributed by atoms with van der Waals surface area (Å²) >= 11 is 0. The Kier molecular flexibility index (Phi) is 5.80. The maximum Gasteiger partial charge on any atom is 0.156 e. The predicted molar refractivity (Wildman–Crippen MR) is 87.6 cm³/mol. The highest BCUT2D eigenvalue weighted by Crippen LogP contribution is 2.22. The first-order valence-corrected chi connectivity index (χ1v) is 8.52. The molecule has 2 fully saturated rings. The van der Waals surface area contributed by atoms with E-state index in [1.165, 1.54) is 0 Å². The molecule has 0 bridgehead atoms. The fraction of sp³-hybridized carbons (Fsp3) is 0.765. The number of hydrogen-bond donors (Lipinski definition) is 0. The minimum Gasteiger partial charge on any atom is -0.381 e. The van der Waals surface area contributed by atoms with E-state index in [0.29, 0.717) is 18.6 Å². The number of nitrogens with zero attached hydrogens (tertiary/aromatic N) is 3. The average Bonchev–Trinajstić information content (AvgIpc) is 3.07. The van der Waals surface area contributed by atoms with Gasteiger partial charge in [0.15, 0.2) is 5.82 Å². The molecule has 0 amide bonds. The number of piperidine rings is 1. The summed E-state index contributed by atoms with van der Waals surface area (Å²) in [4.78, 5) is 11.3. The van der Waals surface area contributed by atoms with E-state index < -0.39 is 0 Å². The molecule has 2 saturated heterocycles. The lowest BCUT2D eigenvalue weighted by Gasteiger charge is -2.33. The summed E-state index contributed by atoms with van der Waals surface area (Å²) in [5.74, 6) is 2.35. The minimum atomic E-state index is 0.369. The molecule has 6 heteroatoms. The second-order valence-electron chi connectivity index (χ2n) is 6.47. The van der Waals surface area contributed by atoms with Gasteiger partial charge in [0, 0.05) is 44.5 Å². The Morgan fingerprint density at radius 3 is 2.78 bits per heavy atom. The van der Waals surface area contributed by atoms with Gasteiger partial charge >= 0.3 is 0 Å². The summed E-state index contributed by atoms with van der Waals surface area (Å²) in [5.41, 5.74) is 0.988. The zero-order valence-corrected chi connectivity index (χ0v) is 14.2. The lowest BCUT2D eigenvalue weighted by molar-refractivity contribution is 0.0131. The van der Waals surface area contributed by atoms with Crippen LogP contribution in [-0.4, -0.2) is 56.1 Å². The van der Waals surface area contributed by atoms with Crippen LogP contribution in [0.4, 0.5) is 5.82 Å². The van der Waals surface area contributed by atoms with Gasteiger partial charge < -0.3 is 19.1 Å². The van der Waals surface area contributed by atoms with E-state index in [1.807, 2.05) is 6.92 Å². The van der Waals surface area contributed by atoms with E-state index in [1.54, 1.807) is 7.11 Å². The smallest absolute Gasteiger partial charge is 0.156 e. The van der Waals surface area contributed by atoms with Crippen molar-refractivity contribution < 1.29 is 14.2 Å². The molecule has 1 atom stereocenters. The standard InChI is InChI=1S/C17H27N3O3/c1-13-9-17(19-16(18-13)12-21-2)20-6-3-15(4-7-20)23-11-14-5-8-22-10-14/h9,14-15H,3-8,10-12H2,1-2H3. The number of aryl methyl sites for hydroxylation is 1. The third-order valence-corrected chi connectivity index (χ3v) is 4.52. The fourth-order valence-corrected chi connectivity index (χ4v) is 3.21. The highest BCUT2D eigenvalue weighted by molar-refractivity contribution is 5.40. The van der Waals surface area contributed by atoms with Gasteiger partial charge in [0.1, 0.15) is 12.4 Å². The summed E-state index contributed by atoms with van der Waals surface area (Å²) in [5, 5.41) is 0. The first-order valence-electron chi connectivity index (χ1n) is 8.52. The molecule has 0 saturated carbocycles. The molecular formula is C17H27N3O3. The number of methoxy groups -OCH3 is 1. The van der Waals surface area contributed by atoms with Crippen LogP contribution in [0.15, 0.2) is 6.07 Å². The molecule has 0 spiro atoms. The first kappa shape index (κ1) is 16.6. The summed E-state index contributed by atoms with van der Waals surface area (Å²) in [6.45, 7) is 7.02. The van der Waals surface area contributed by atoms with Crippen LogP contribution in [0.5, 0.6) is 0 Å². The third-order valence-electron chi connectivity index (χ3n) is 4.52.